The zero-order valence-electron chi connectivity index (χ0n) is 15.2. The summed E-state index contributed by atoms with van der Waals surface area (Å²) in [6.45, 7) is 5.63. The summed E-state index contributed by atoms with van der Waals surface area (Å²) in [5.41, 5.74) is 0.616. The Kier molecular flexibility index (Phi) is 7.78. The van der Waals surface area contributed by atoms with Crippen molar-refractivity contribution in [1.82, 2.24) is 0 Å². The lowest BCUT2D eigenvalue weighted by atomic mass is 10.2. The highest BCUT2D eigenvalue weighted by Crippen LogP contribution is 2.29. The maximum absolute atomic E-state index is 11.7. The molecule has 0 amide bonds. The van der Waals surface area contributed by atoms with E-state index in [-0.39, 0.29) is 11.6 Å². The number of carbonyl (C=O) groups excluding carboxylic acids is 1. The van der Waals surface area contributed by atoms with Crippen molar-refractivity contribution in [1.29, 1.82) is 0 Å². The topological polar surface area (TPSA) is 65.7 Å². The fraction of sp³-hybridized carbons (Fsp3) is 0.400. The Bertz CT molecular complexity index is 825. The molecule has 0 saturated carbocycles. The minimum Gasteiger partial charge on any atom is -0.497 e. The van der Waals surface area contributed by atoms with Crippen LogP contribution in [0.25, 0.3) is 11.0 Å². The fourth-order valence-corrected chi connectivity index (χ4v) is 3.46. The first-order valence-corrected chi connectivity index (χ1v) is 9.57. The first-order valence-electron chi connectivity index (χ1n) is 8.58. The summed E-state index contributed by atoms with van der Waals surface area (Å²) >= 11 is 1.65. The van der Waals surface area contributed by atoms with Crippen molar-refractivity contribution in [2.24, 2.45) is 0 Å². The minimum atomic E-state index is -0.354. The van der Waals surface area contributed by atoms with Gasteiger partial charge in [-0.25, -0.2) is 9.59 Å². The largest absolute Gasteiger partial charge is 0.497 e. The SMILES string of the molecule is C=C(C)C(=O)OCCCCCCSc1cc(=O)oc2cc(OC)ccc12. The summed E-state index contributed by atoms with van der Waals surface area (Å²) in [7, 11) is 1.58. The molecule has 0 spiro atoms. The summed E-state index contributed by atoms with van der Waals surface area (Å²) in [5.74, 6) is 1.25. The van der Waals surface area contributed by atoms with Gasteiger partial charge in [-0.3, -0.25) is 0 Å². The average Bonchev–Trinajstić information content (AvgIpc) is 2.62. The van der Waals surface area contributed by atoms with Crippen LogP contribution in [0.1, 0.15) is 32.6 Å². The molecule has 1 aromatic heterocycles. The van der Waals surface area contributed by atoms with Crippen LogP contribution < -0.4 is 10.4 Å². The number of thioether (sulfide) groups is 1. The Morgan fingerprint density at radius 3 is 2.69 bits per heavy atom. The Morgan fingerprint density at radius 2 is 1.96 bits per heavy atom. The number of hydrogen-bond donors (Lipinski definition) is 0. The Labute approximate surface area is 157 Å². The molecule has 1 heterocycles. The molecule has 0 aliphatic rings. The molecule has 0 atom stereocenters. The number of hydrogen-bond acceptors (Lipinski definition) is 6. The van der Waals surface area contributed by atoms with Crippen molar-refractivity contribution < 1.29 is 18.7 Å². The predicted molar refractivity (Wildman–Crippen MR) is 104 cm³/mol. The Morgan fingerprint density at radius 1 is 1.19 bits per heavy atom. The lowest BCUT2D eigenvalue weighted by Crippen LogP contribution is -2.06. The maximum atomic E-state index is 11.7. The molecule has 1 aromatic carbocycles. The highest BCUT2D eigenvalue weighted by atomic mass is 32.2. The third kappa shape index (κ3) is 5.95. The van der Waals surface area contributed by atoms with Gasteiger partial charge in [0, 0.05) is 28.0 Å². The van der Waals surface area contributed by atoms with Crippen molar-refractivity contribution in [3.63, 3.8) is 0 Å². The molecule has 2 aromatic rings. The van der Waals surface area contributed by atoms with E-state index < -0.39 is 0 Å². The third-order valence-electron chi connectivity index (χ3n) is 3.79. The van der Waals surface area contributed by atoms with E-state index in [0.717, 1.165) is 41.7 Å². The van der Waals surface area contributed by atoms with Gasteiger partial charge in [-0.05, 0) is 37.7 Å². The van der Waals surface area contributed by atoms with Crippen LogP contribution in [0.4, 0.5) is 0 Å². The van der Waals surface area contributed by atoms with E-state index in [1.54, 1.807) is 31.9 Å². The second-order valence-electron chi connectivity index (χ2n) is 5.97. The van der Waals surface area contributed by atoms with Crippen molar-refractivity contribution in [3.05, 3.63) is 46.8 Å². The van der Waals surface area contributed by atoms with Gasteiger partial charge in [0.25, 0.3) is 0 Å². The predicted octanol–water partition coefficient (Wildman–Crippen LogP) is 4.57. The van der Waals surface area contributed by atoms with E-state index in [1.165, 1.54) is 6.07 Å². The summed E-state index contributed by atoms with van der Waals surface area (Å²) in [5, 5.41) is 0.919. The van der Waals surface area contributed by atoms with E-state index in [4.69, 9.17) is 13.9 Å². The molecule has 140 valence electrons. The second-order valence-corrected chi connectivity index (χ2v) is 7.11. The van der Waals surface area contributed by atoms with Gasteiger partial charge in [-0.15, -0.1) is 11.8 Å². The van der Waals surface area contributed by atoms with Gasteiger partial charge in [0.2, 0.25) is 0 Å². The van der Waals surface area contributed by atoms with Crippen LogP contribution in [0.2, 0.25) is 0 Å². The third-order valence-corrected chi connectivity index (χ3v) is 4.93. The lowest BCUT2D eigenvalue weighted by Gasteiger charge is -2.07. The van der Waals surface area contributed by atoms with E-state index >= 15 is 0 Å². The number of carbonyl (C=O) groups is 1. The molecule has 0 aliphatic carbocycles. The van der Waals surface area contributed by atoms with Gasteiger partial charge < -0.3 is 13.9 Å². The van der Waals surface area contributed by atoms with Crippen molar-refractivity contribution in [3.8, 4) is 5.75 Å². The summed E-state index contributed by atoms with van der Waals surface area (Å²) in [6.07, 6.45) is 3.92. The smallest absolute Gasteiger partial charge is 0.337 e. The standard InChI is InChI=1S/C20H24O5S/c1-14(2)20(22)24-10-6-4-5-7-11-26-18-13-19(21)25-17-12-15(23-3)8-9-16(17)18/h8-9,12-13H,1,4-7,10-11H2,2-3H3. The van der Waals surface area contributed by atoms with Crippen molar-refractivity contribution >= 4 is 28.7 Å². The van der Waals surface area contributed by atoms with Crippen LogP contribution in [0.15, 0.2) is 50.5 Å². The van der Waals surface area contributed by atoms with E-state index in [1.807, 2.05) is 12.1 Å². The quantitative estimate of drug-likeness (QED) is 0.199. The van der Waals surface area contributed by atoms with Gasteiger partial charge in [-0.2, -0.15) is 0 Å². The fourth-order valence-electron chi connectivity index (χ4n) is 2.39. The second kappa shape index (κ2) is 10.1. The summed E-state index contributed by atoms with van der Waals surface area (Å²) < 4.78 is 15.5. The van der Waals surface area contributed by atoms with Crippen molar-refractivity contribution in [2.75, 3.05) is 19.5 Å². The molecule has 0 fully saturated rings. The van der Waals surface area contributed by atoms with Crippen LogP contribution in [0, 0.1) is 0 Å². The molecule has 5 nitrogen and oxygen atoms in total. The van der Waals surface area contributed by atoms with Crippen molar-refractivity contribution in [2.45, 2.75) is 37.5 Å². The normalized spacial score (nSPS) is 10.7. The molecule has 0 bridgehead atoms. The lowest BCUT2D eigenvalue weighted by molar-refractivity contribution is -0.139. The molecular formula is C20H24O5S. The molecule has 0 N–H and O–H groups in total. The number of rotatable bonds is 10. The highest BCUT2D eigenvalue weighted by Gasteiger charge is 2.07. The molecule has 0 saturated heterocycles. The molecule has 6 heteroatoms. The molecule has 2 rings (SSSR count). The maximum Gasteiger partial charge on any atom is 0.337 e. The minimum absolute atomic E-state index is 0.327. The van der Waals surface area contributed by atoms with Crippen LogP contribution >= 0.6 is 11.8 Å². The number of methoxy groups -OCH3 is 1. The molecular weight excluding hydrogens is 352 g/mol. The molecule has 0 unspecified atom stereocenters. The van der Waals surface area contributed by atoms with E-state index in [2.05, 4.69) is 6.58 Å². The van der Waals surface area contributed by atoms with Crippen LogP contribution in [-0.4, -0.2) is 25.4 Å². The van der Waals surface area contributed by atoms with E-state index in [9.17, 15) is 9.59 Å². The van der Waals surface area contributed by atoms with Gasteiger partial charge in [0.15, 0.2) is 0 Å². The van der Waals surface area contributed by atoms with Crippen LogP contribution in [-0.2, 0) is 9.53 Å². The van der Waals surface area contributed by atoms with Gasteiger partial charge >= 0.3 is 11.6 Å². The molecule has 0 radical (unpaired) electrons. The number of unbranched alkanes of at least 4 members (excludes halogenated alkanes) is 3. The zero-order valence-corrected chi connectivity index (χ0v) is 16.0. The zero-order chi connectivity index (χ0) is 18.9. The number of ether oxygens (including phenoxy) is 2. The average molecular weight is 376 g/mol. The molecule has 0 aliphatic heterocycles. The monoisotopic (exact) mass is 376 g/mol. The number of fused-ring (bicyclic) bond motifs is 1. The Hall–Kier alpha value is -2.21. The first kappa shape index (κ1) is 20.1. The number of benzene rings is 1. The summed E-state index contributed by atoms with van der Waals surface area (Å²) in [6, 6.07) is 7.04. The van der Waals surface area contributed by atoms with Gasteiger partial charge in [0.05, 0.1) is 13.7 Å². The molecule has 26 heavy (non-hydrogen) atoms. The van der Waals surface area contributed by atoms with E-state index in [0.29, 0.717) is 23.5 Å². The number of esters is 1. The Balaban J connectivity index is 1.77. The van der Waals surface area contributed by atoms with Crippen LogP contribution in [0.5, 0.6) is 5.75 Å². The van der Waals surface area contributed by atoms with Gasteiger partial charge in [0.1, 0.15) is 11.3 Å². The highest BCUT2D eigenvalue weighted by molar-refractivity contribution is 7.99. The van der Waals surface area contributed by atoms with Crippen LogP contribution in [0.3, 0.4) is 0 Å². The summed E-state index contributed by atoms with van der Waals surface area (Å²) in [4.78, 5) is 23.9. The van der Waals surface area contributed by atoms with Gasteiger partial charge in [-0.1, -0.05) is 19.4 Å². The first-order chi connectivity index (χ1) is 12.5.